The molecule has 0 bridgehead atoms. The molecule has 4 nitrogen and oxygen atoms in total. The minimum Gasteiger partial charge on any atom is -0.460 e. The van der Waals surface area contributed by atoms with Crippen LogP contribution in [-0.4, -0.2) is 34.0 Å². The summed E-state index contributed by atoms with van der Waals surface area (Å²) < 4.78 is 5.53. The van der Waals surface area contributed by atoms with Gasteiger partial charge in [-0.3, -0.25) is 4.79 Å². The maximum atomic E-state index is 12.3. The first-order valence-electron chi connectivity index (χ1n) is 13.5. The van der Waals surface area contributed by atoms with Gasteiger partial charge in [0.2, 0.25) is 0 Å². The van der Waals surface area contributed by atoms with E-state index in [1.54, 1.807) is 0 Å². The zero-order valence-corrected chi connectivity index (χ0v) is 21.4. The summed E-state index contributed by atoms with van der Waals surface area (Å²) in [6.07, 6.45) is 9.84. The Balaban J connectivity index is 1.50. The van der Waals surface area contributed by atoms with Gasteiger partial charge in [-0.05, 0) is 112 Å². The van der Waals surface area contributed by atoms with Crippen molar-refractivity contribution in [2.24, 2.45) is 46.3 Å². The number of hydrogen-bond acceptors (Lipinski definition) is 4. The van der Waals surface area contributed by atoms with Crippen LogP contribution in [0.4, 0.5) is 0 Å². The van der Waals surface area contributed by atoms with E-state index in [1.165, 1.54) is 25.7 Å². The molecule has 4 saturated carbocycles. The van der Waals surface area contributed by atoms with Crippen LogP contribution in [0.15, 0.2) is 0 Å². The number of esters is 1. The second-order valence-electron chi connectivity index (χ2n) is 13.4. The Morgan fingerprint density at radius 2 is 1.78 bits per heavy atom. The number of hydrogen-bond donors (Lipinski definition) is 2. The smallest absolute Gasteiger partial charge is 0.306 e. The summed E-state index contributed by atoms with van der Waals surface area (Å²) in [4.78, 5) is 12.3. The number of aliphatic hydroxyl groups excluding tert-OH is 2. The summed E-state index contributed by atoms with van der Waals surface area (Å²) in [5.41, 5.74) is -0.318. The zero-order valence-electron chi connectivity index (χ0n) is 21.4. The van der Waals surface area contributed by atoms with Crippen LogP contribution in [0.2, 0.25) is 0 Å². The van der Waals surface area contributed by atoms with Crippen molar-refractivity contribution in [3.63, 3.8) is 0 Å². The first kappa shape index (κ1) is 24.5. The predicted octanol–water partition coefficient (Wildman–Crippen LogP) is 5.74. The van der Waals surface area contributed by atoms with Crippen LogP contribution in [0.5, 0.6) is 0 Å². The summed E-state index contributed by atoms with van der Waals surface area (Å²) in [6.45, 7) is 12.8. The topological polar surface area (TPSA) is 66.8 Å². The minimum absolute atomic E-state index is 0.118. The molecule has 4 fully saturated rings. The third kappa shape index (κ3) is 4.06. The highest BCUT2D eigenvalue weighted by Crippen LogP contribution is 2.68. The van der Waals surface area contributed by atoms with Gasteiger partial charge in [0.25, 0.3) is 0 Å². The van der Waals surface area contributed by atoms with E-state index in [9.17, 15) is 15.0 Å². The Morgan fingerprint density at radius 3 is 2.47 bits per heavy atom. The molecule has 4 rings (SSSR count). The van der Waals surface area contributed by atoms with Gasteiger partial charge in [0.05, 0.1) is 12.2 Å². The van der Waals surface area contributed by atoms with E-state index in [0.717, 1.165) is 32.1 Å². The molecule has 2 N–H and O–H groups in total. The van der Waals surface area contributed by atoms with Crippen LogP contribution < -0.4 is 0 Å². The van der Waals surface area contributed by atoms with E-state index < -0.39 is 5.60 Å². The van der Waals surface area contributed by atoms with Gasteiger partial charge in [-0.2, -0.15) is 0 Å². The second-order valence-corrected chi connectivity index (χ2v) is 13.4. The van der Waals surface area contributed by atoms with Crippen LogP contribution in [0, 0.1) is 46.3 Å². The highest BCUT2D eigenvalue weighted by atomic mass is 16.6. The zero-order chi connectivity index (χ0) is 23.5. The van der Waals surface area contributed by atoms with Gasteiger partial charge >= 0.3 is 5.97 Å². The fourth-order valence-corrected chi connectivity index (χ4v) is 9.13. The van der Waals surface area contributed by atoms with Crippen molar-refractivity contribution in [2.75, 3.05) is 0 Å². The standard InChI is InChI=1S/C28H48O4/c1-17(10-13-24(31)32-26(2,3)4)19-11-12-20-25-21(16-23(30)28(19,20)6)27(5)14-8-7-9-18(27)15-22(25)29/h17-23,25,29-30H,7-16H2,1-6H3/t17-,18?,19?,20?,21?,22-,23+,25?,27+,28-/m1/s1. The third-order valence-corrected chi connectivity index (χ3v) is 10.7. The van der Waals surface area contributed by atoms with Crippen LogP contribution in [-0.2, 0) is 9.53 Å². The molecular formula is C28H48O4. The van der Waals surface area contributed by atoms with Crippen molar-refractivity contribution in [1.29, 1.82) is 0 Å². The molecular weight excluding hydrogens is 400 g/mol. The predicted molar refractivity (Wildman–Crippen MR) is 127 cm³/mol. The van der Waals surface area contributed by atoms with E-state index in [1.807, 2.05) is 20.8 Å². The monoisotopic (exact) mass is 448 g/mol. The van der Waals surface area contributed by atoms with Crippen LogP contribution >= 0.6 is 0 Å². The Bertz CT molecular complexity index is 698. The summed E-state index contributed by atoms with van der Waals surface area (Å²) in [5, 5.41) is 23.0. The average Bonchev–Trinajstić information content (AvgIpc) is 3.05. The van der Waals surface area contributed by atoms with Crippen molar-refractivity contribution >= 4 is 5.97 Å². The molecule has 4 aliphatic rings. The van der Waals surface area contributed by atoms with Crippen molar-refractivity contribution in [2.45, 2.75) is 124 Å². The Kier molecular flexibility index (Phi) is 6.55. The van der Waals surface area contributed by atoms with Gasteiger partial charge in [0.15, 0.2) is 0 Å². The number of rotatable bonds is 4. The second kappa shape index (κ2) is 8.56. The first-order valence-corrected chi connectivity index (χ1v) is 13.5. The molecule has 0 saturated heterocycles. The van der Waals surface area contributed by atoms with Gasteiger partial charge in [-0.25, -0.2) is 0 Å². The molecule has 4 heteroatoms. The molecule has 32 heavy (non-hydrogen) atoms. The Hall–Kier alpha value is -0.610. The minimum atomic E-state index is -0.441. The van der Waals surface area contributed by atoms with E-state index in [0.29, 0.717) is 41.9 Å². The summed E-state index contributed by atoms with van der Waals surface area (Å²) >= 11 is 0. The third-order valence-electron chi connectivity index (χ3n) is 10.7. The molecule has 0 heterocycles. The van der Waals surface area contributed by atoms with Crippen molar-refractivity contribution in [1.82, 2.24) is 0 Å². The molecule has 0 amide bonds. The van der Waals surface area contributed by atoms with Gasteiger partial charge in [-0.15, -0.1) is 0 Å². The number of carbonyl (C=O) groups excluding carboxylic acids is 1. The van der Waals surface area contributed by atoms with Crippen LogP contribution in [0.1, 0.15) is 106 Å². The lowest BCUT2D eigenvalue weighted by Crippen LogP contribution is -2.61. The number of ether oxygens (including phenoxy) is 1. The lowest BCUT2D eigenvalue weighted by atomic mass is 9.43. The fraction of sp³-hybridized carbons (Fsp3) is 0.964. The molecule has 10 atom stereocenters. The van der Waals surface area contributed by atoms with Gasteiger partial charge in [0, 0.05) is 6.42 Å². The van der Waals surface area contributed by atoms with Crippen LogP contribution in [0.3, 0.4) is 0 Å². The summed E-state index contributed by atoms with van der Waals surface area (Å²) in [5.74, 6) is 2.42. The molecule has 0 aliphatic heterocycles. The molecule has 4 aliphatic carbocycles. The lowest BCUT2D eigenvalue weighted by Gasteiger charge is -2.63. The van der Waals surface area contributed by atoms with E-state index in [2.05, 4.69) is 20.8 Å². The number of fused-ring (bicyclic) bond motifs is 5. The lowest BCUT2D eigenvalue weighted by molar-refractivity contribution is -0.201. The first-order chi connectivity index (χ1) is 14.9. The summed E-state index contributed by atoms with van der Waals surface area (Å²) in [6, 6.07) is 0. The molecule has 0 spiro atoms. The maximum absolute atomic E-state index is 12.3. The highest BCUT2D eigenvalue weighted by Gasteiger charge is 2.65. The highest BCUT2D eigenvalue weighted by molar-refractivity contribution is 5.69. The molecule has 184 valence electrons. The van der Waals surface area contributed by atoms with Crippen molar-refractivity contribution in [3.8, 4) is 0 Å². The van der Waals surface area contributed by atoms with Gasteiger partial charge < -0.3 is 14.9 Å². The summed E-state index contributed by atoms with van der Waals surface area (Å²) in [7, 11) is 0. The number of carbonyl (C=O) groups is 1. The Labute approximate surface area is 195 Å². The van der Waals surface area contributed by atoms with E-state index in [4.69, 9.17) is 4.74 Å². The van der Waals surface area contributed by atoms with Gasteiger partial charge in [-0.1, -0.05) is 33.6 Å². The van der Waals surface area contributed by atoms with E-state index in [-0.39, 0.29) is 29.0 Å². The molecule has 0 aromatic carbocycles. The normalized spacial score (nSPS) is 47.2. The SMILES string of the molecule is C[C@H](CCC(=O)OC(C)(C)C)C1CCC2C3C(C[C@H](O)[C@@]21C)[C@@]1(C)CCCCC1C[C@H]3O. The maximum Gasteiger partial charge on any atom is 0.306 e. The molecule has 0 radical (unpaired) electrons. The molecule has 0 aromatic rings. The average molecular weight is 449 g/mol. The van der Waals surface area contributed by atoms with Crippen LogP contribution in [0.25, 0.3) is 0 Å². The largest absolute Gasteiger partial charge is 0.460 e. The van der Waals surface area contributed by atoms with E-state index >= 15 is 0 Å². The fourth-order valence-electron chi connectivity index (χ4n) is 9.13. The number of aliphatic hydroxyl groups is 2. The van der Waals surface area contributed by atoms with Gasteiger partial charge in [0.1, 0.15) is 5.60 Å². The molecule has 0 aromatic heterocycles. The molecule has 5 unspecified atom stereocenters. The quantitative estimate of drug-likeness (QED) is 0.539. The van der Waals surface area contributed by atoms with Crippen molar-refractivity contribution in [3.05, 3.63) is 0 Å². The van der Waals surface area contributed by atoms with Crippen molar-refractivity contribution < 1.29 is 19.7 Å². The Morgan fingerprint density at radius 1 is 1.06 bits per heavy atom.